The zero-order chi connectivity index (χ0) is 17.0. The van der Waals surface area contributed by atoms with Crippen LogP contribution < -0.4 is 5.32 Å². The van der Waals surface area contributed by atoms with Gasteiger partial charge in [0.25, 0.3) is 0 Å². The maximum Gasteiger partial charge on any atom is 0.319 e. The minimum Gasteiger partial charge on any atom is -0.361 e. The lowest BCUT2D eigenvalue weighted by atomic mass is 9.87. The summed E-state index contributed by atoms with van der Waals surface area (Å²) in [6, 6.07) is 0.0858. The molecule has 2 aliphatic carbocycles. The van der Waals surface area contributed by atoms with Crippen molar-refractivity contribution in [3.05, 3.63) is 0 Å². The number of unbranched alkanes of at least 4 members (excludes halogenated alkanes) is 1. The van der Waals surface area contributed by atoms with Crippen molar-refractivity contribution < 1.29 is 9.53 Å². The smallest absolute Gasteiger partial charge is 0.319 e. The standard InChI is InChI=1S/C20H38N2O2/c1-2-3-14-24-17-21-20(23)22(15-18-10-6-4-7-11-18)16-19-12-8-5-9-13-19/h18-19H,2-17H2,1H3,(H,21,23). The van der Waals surface area contributed by atoms with E-state index in [-0.39, 0.29) is 6.03 Å². The van der Waals surface area contributed by atoms with Crippen LogP contribution >= 0.6 is 0 Å². The van der Waals surface area contributed by atoms with E-state index in [1.165, 1.54) is 64.2 Å². The van der Waals surface area contributed by atoms with Gasteiger partial charge in [0.1, 0.15) is 6.73 Å². The molecule has 0 spiro atoms. The van der Waals surface area contributed by atoms with Gasteiger partial charge in [-0.3, -0.25) is 0 Å². The van der Waals surface area contributed by atoms with Gasteiger partial charge < -0.3 is 15.0 Å². The summed E-state index contributed by atoms with van der Waals surface area (Å²) in [7, 11) is 0. The summed E-state index contributed by atoms with van der Waals surface area (Å²) in [6.45, 7) is 5.12. The second-order valence-corrected chi connectivity index (χ2v) is 7.80. The first-order chi connectivity index (χ1) is 11.8. The van der Waals surface area contributed by atoms with Crippen molar-refractivity contribution in [2.45, 2.75) is 84.0 Å². The molecule has 4 nitrogen and oxygen atoms in total. The quantitative estimate of drug-likeness (QED) is 0.478. The molecule has 0 aliphatic heterocycles. The number of hydrogen-bond donors (Lipinski definition) is 1. The molecule has 140 valence electrons. The van der Waals surface area contributed by atoms with Crippen LogP contribution in [0.1, 0.15) is 84.0 Å². The van der Waals surface area contributed by atoms with E-state index >= 15 is 0 Å². The van der Waals surface area contributed by atoms with Crippen molar-refractivity contribution >= 4 is 6.03 Å². The third kappa shape index (κ3) is 7.42. The first-order valence-corrected chi connectivity index (χ1v) is 10.4. The Kier molecular flexibility index (Phi) is 9.55. The molecule has 24 heavy (non-hydrogen) atoms. The summed E-state index contributed by atoms with van der Waals surface area (Å²) < 4.78 is 5.52. The van der Waals surface area contributed by atoms with Crippen molar-refractivity contribution in [3.8, 4) is 0 Å². The number of hydrogen-bond acceptors (Lipinski definition) is 2. The SMILES string of the molecule is CCCCOCNC(=O)N(CC1CCCCC1)CC1CCCCC1. The van der Waals surface area contributed by atoms with Crippen molar-refractivity contribution in [1.29, 1.82) is 0 Å². The van der Waals surface area contributed by atoms with Crippen LogP contribution in [0.3, 0.4) is 0 Å². The summed E-state index contributed by atoms with van der Waals surface area (Å²) in [5, 5.41) is 2.99. The van der Waals surface area contributed by atoms with Gasteiger partial charge in [0, 0.05) is 19.7 Å². The Morgan fingerprint density at radius 2 is 1.50 bits per heavy atom. The highest BCUT2D eigenvalue weighted by atomic mass is 16.5. The predicted molar refractivity (Wildman–Crippen MR) is 99.0 cm³/mol. The maximum atomic E-state index is 12.7. The number of carbonyl (C=O) groups excluding carboxylic acids is 1. The van der Waals surface area contributed by atoms with Crippen LogP contribution in [0, 0.1) is 11.8 Å². The first kappa shape index (κ1) is 19.6. The highest BCUT2D eigenvalue weighted by Crippen LogP contribution is 2.27. The molecule has 2 rings (SSSR count). The fraction of sp³-hybridized carbons (Fsp3) is 0.950. The van der Waals surface area contributed by atoms with Gasteiger partial charge in [-0.05, 0) is 43.9 Å². The Morgan fingerprint density at radius 1 is 0.958 bits per heavy atom. The lowest BCUT2D eigenvalue weighted by Gasteiger charge is -2.33. The molecule has 2 fully saturated rings. The van der Waals surface area contributed by atoms with E-state index in [9.17, 15) is 4.79 Å². The van der Waals surface area contributed by atoms with Crippen LogP contribution in [0.5, 0.6) is 0 Å². The number of amides is 2. The molecule has 0 saturated heterocycles. The average molecular weight is 339 g/mol. The normalized spacial score (nSPS) is 20.0. The molecule has 0 aromatic carbocycles. The lowest BCUT2D eigenvalue weighted by molar-refractivity contribution is 0.104. The van der Waals surface area contributed by atoms with Crippen molar-refractivity contribution in [2.24, 2.45) is 11.8 Å². The Balaban J connectivity index is 1.79. The van der Waals surface area contributed by atoms with E-state index in [1.54, 1.807) is 0 Å². The van der Waals surface area contributed by atoms with Gasteiger partial charge in [0.15, 0.2) is 0 Å². The second kappa shape index (κ2) is 11.7. The van der Waals surface area contributed by atoms with Crippen LogP contribution in [0.4, 0.5) is 4.79 Å². The minimum absolute atomic E-state index is 0.0858. The van der Waals surface area contributed by atoms with Crippen LogP contribution in [0.25, 0.3) is 0 Å². The monoisotopic (exact) mass is 338 g/mol. The number of rotatable bonds is 9. The summed E-state index contributed by atoms with van der Waals surface area (Å²) >= 11 is 0. The summed E-state index contributed by atoms with van der Waals surface area (Å²) in [5.41, 5.74) is 0. The Morgan fingerprint density at radius 3 is 2.00 bits per heavy atom. The van der Waals surface area contributed by atoms with Crippen molar-refractivity contribution in [3.63, 3.8) is 0 Å². The van der Waals surface area contributed by atoms with E-state index in [0.717, 1.165) is 32.5 Å². The molecule has 0 aromatic heterocycles. The topological polar surface area (TPSA) is 41.6 Å². The molecule has 0 heterocycles. The summed E-state index contributed by atoms with van der Waals surface area (Å²) in [5.74, 6) is 1.41. The second-order valence-electron chi connectivity index (χ2n) is 7.80. The van der Waals surface area contributed by atoms with E-state index in [0.29, 0.717) is 18.6 Å². The van der Waals surface area contributed by atoms with Gasteiger partial charge >= 0.3 is 6.03 Å². The van der Waals surface area contributed by atoms with Gasteiger partial charge in [-0.1, -0.05) is 51.9 Å². The molecular weight excluding hydrogens is 300 g/mol. The third-order valence-corrected chi connectivity index (χ3v) is 5.66. The van der Waals surface area contributed by atoms with Crippen LogP contribution in [-0.2, 0) is 4.74 Å². The number of ether oxygens (including phenoxy) is 1. The van der Waals surface area contributed by atoms with Gasteiger partial charge in [0.2, 0.25) is 0 Å². The lowest BCUT2D eigenvalue weighted by Crippen LogP contribution is -2.46. The number of nitrogens with zero attached hydrogens (tertiary/aromatic N) is 1. The van der Waals surface area contributed by atoms with Gasteiger partial charge in [-0.25, -0.2) is 4.79 Å². The highest BCUT2D eigenvalue weighted by Gasteiger charge is 2.24. The molecular formula is C20H38N2O2. The van der Waals surface area contributed by atoms with Crippen molar-refractivity contribution in [2.75, 3.05) is 26.4 Å². The van der Waals surface area contributed by atoms with E-state index in [2.05, 4.69) is 17.1 Å². The first-order valence-electron chi connectivity index (χ1n) is 10.4. The number of nitrogens with one attached hydrogen (secondary N) is 1. The molecule has 0 radical (unpaired) electrons. The molecule has 2 saturated carbocycles. The average Bonchev–Trinajstić information content (AvgIpc) is 2.62. The zero-order valence-corrected chi connectivity index (χ0v) is 15.7. The number of urea groups is 1. The fourth-order valence-corrected chi connectivity index (χ4v) is 4.15. The number of carbonyl (C=O) groups is 1. The van der Waals surface area contributed by atoms with E-state index in [4.69, 9.17) is 4.74 Å². The van der Waals surface area contributed by atoms with Gasteiger partial charge in [-0.2, -0.15) is 0 Å². The van der Waals surface area contributed by atoms with Crippen LogP contribution in [-0.4, -0.2) is 37.4 Å². The van der Waals surface area contributed by atoms with Gasteiger partial charge in [-0.15, -0.1) is 0 Å². The van der Waals surface area contributed by atoms with E-state index in [1.807, 2.05) is 0 Å². The minimum atomic E-state index is 0.0858. The zero-order valence-electron chi connectivity index (χ0n) is 15.7. The largest absolute Gasteiger partial charge is 0.361 e. The van der Waals surface area contributed by atoms with Gasteiger partial charge in [0.05, 0.1) is 0 Å². The molecule has 2 aliphatic rings. The maximum absolute atomic E-state index is 12.7. The molecule has 0 bridgehead atoms. The molecule has 0 atom stereocenters. The van der Waals surface area contributed by atoms with Crippen LogP contribution in [0.2, 0.25) is 0 Å². The Hall–Kier alpha value is -0.770. The Bertz CT molecular complexity index is 317. The molecule has 1 N–H and O–H groups in total. The molecule has 0 unspecified atom stereocenters. The van der Waals surface area contributed by atoms with Crippen molar-refractivity contribution in [1.82, 2.24) is 10.2 Å². The Labute approximate surface area is 148 Å². The predicted octanol–water partition coefficient (Wildman–Crippen LogP) is 4.93. The third-order valence-electron chi connectivity index (χ3n) is 5.66. The molecule has 4 heteroatoms. The van der Waals surface area contributed by atoms with Crippen LogP contribution in [0.15, 0.2) is 0 Å². The molecule has 0 aromatic rings. The fourth-order valence-electron chi connectivity index (χ4n) is 4.15. The summed E-state index contributed by atoms with van der Waals surface area (Å²) in [4.78, 5) is 14.8. The highest BCUT2D eigenvalue weighted by molar-refractivity contribution is 5.74. The summed E-state index contributed by atoms with van der Waals surface area (Å²) in [6.07, 6.45) is 15.5. The molecule has 2 amide bonds. The van der Waals surface area contributed by atoms with E-state index < -0.39 is 0 Å².